The number of hydrogen-bond acceptors (Lipinski definition) is 7. The number of aromatic hydroxyl groups is 1. The van der Waals surface area contributed by atoms with Gasteiger partial charge in [0.05, 0.1) is 34.3 Å². The second-order valence-electron chi connectivity index (χ2n) is 8.26. The molecule has 3 aromatic rings. The number of carbonyl (C=O) groups excluding carboxylic acids is 3. The summed E-state index contributed by atoms with van der Waals surface area (Å²) in [6, 6.07) is 17.7. The number of para-hydroxylation sites is 1. The predicted octanol–water partition coefficient (Wildman–Crippen LogP) is 4.23. The highest BCUT2D eigenvalue weighted by Gasteiger charge is 2.16. The minimum atomic E-state index is -1.25. The topological polar surface area (TPSA) is 184 Å². The van der Waals surface area contributed by atoms with E-state index in [9.17, 15) is 24.3 Å². The maximum Gasteiger partial charge on any atom is 0.337 e. The van der Waals surface area contributed by atoms with Gasteiger partial charge in [0.1, 0.15) is 5.75 Å². The molecular weight excluding hydrogens is 502 g/mol. The summed E-state index contributed by atoms with van der Waals surface area (Å²) in [5.41, 5.74) is 2.52. The van der Waals surface area contributed by atoms with Crippen molar-refractivity contribution in [3.05, 3.63) is 71.8 Å². The summed E-state index contributed by atoms with van der Waals surface area (Å²) < 4.78 is 0. The number of carboxylic acid groups (broad SMARTS) is 1. The van der Waals surface area contributed by atoms with Crippen LogP contribution in [-0.2, 0) is 14.4 Å². The SMILES string of the molecule is CC(=N)C(=O)Nc1ccc(C#N)cc1C(=O)O.CC(=O)Nc1ccccc1-c1cc(O)ccc1N(C)C(C)=O. The number of phenols is 1. The average molecular weight is 530 g/mol. The van der Waals surface area contributed by atoms with Crippen molar-refractivity contribution in [2.24, 2.45) is 0 Å². The molecule has 3 aromatic carbocycles. The van der Waals surface area contributed by atoms with Crippen LogP contribution in [0.15, 0.2) is 60.7 Å². The Morgan fingerprint density at radius 3 is 2.13 bits per heavy atom. The zero-order valence-corrected chi connectivity index (χ0v) is 21.7. The lowest BCUT2D eigenvalue weighted by Gasteiger charge is -2.21. The monoisotopic (exact) mass is 529 g/mol. The van der Waals surface area contributed by atoms with Crippen molar-refractivity contribution in [3.63, 3.8) is 0 Å². The van der Waals surface area contributed by atoms with Crippen molar-refractivity contribution in [3.8, 4) is 22.9 Å². The van der Waals surface area contributed by atoms with E-state index in [1.165, 1.54) is 43.9 Å². The van der Waals surface area contributed by atoms with Gasteiger partial charge in [-0.2, -0.15) is 5.26 Å². The summed E-state index contributed by atoms with van der Waals surface area (Å²) in [5.74, 6) is -2.15. The van der Waals surface area contributed by atoms with E-state index in [2.05, 4.69) is 10.6 Å². The van der Waals surface area contributed by atoms with Crippen LogP contribution in [0, 0.1) is 16.7 Å². The van der Waals surface area contributed by atoms with Crippen LogP contribution in [0.25, 0.3) is 11.1 Å². The fourth-order valence-corrected chi connectivity index (χ4v) is 3.33. The van der Waals surface area contributed by atoms with E-state index < -0.39 is 11.9 Å². The van der Waals surface area contributed by atoms with Crippen LogP contribution in [0.3, 0.4) is 0 Å². The third-order valence-electron chi connectivity index (χ3n) is 5.31. The van der Waals surface area contributed by atoms with Gasteiger partial charge in [-0.25, -0.2) is 4.79 Å². The second kappa shape index (κ2) is 13.2. The first-order valence-electron chi connectivity index (χ1n) is 11.4. The Labute approximate surface area is 224 Å². The molecule has 0 aliphatic carbocycles. The normalized spacial score (nSPS) is 9.72. The number of anilines is 3. The first-order valence-corrected chi connectivity index (χ1v) is 11.4. The number of carboxylic acids is 1. The Kier molecular flexibility index (Phi) is 10.0. The summed E-state index contributed by atoms with van der Waals surface area (Å²) in [7, 11) is 1.67. The van der Waals surface area contributed by atoms with Gasteiger partial charge in [0.15, 0.2) is 0 Å². The minimum absolute atomic E-state index is 0.0631. The van der Waals surface area contributed by atoms with Gasteiger partial charge in [-0.3, -0.25) is 19.8 Å². The molecule has 0 aliphatic heterocycles. The Morgan fingerprint density at radius 2 is 1.56 bits per heavy atom. The van der Waals surface area contributed by atoms with Gasteiger partial charge in [0.2, 0.25) is 11.8 Å². The van der Waals surface area contributed by atoms with Gasteiger partial charge >= 0.3 is 5.97 Å². The summed E-state index contributed by atoms with van der Waals surface area (Å²) in [6.07, 6.45) is 0. The molecule has 0 heterocycles. The number of carbonyl (C=O) groups is 4. The molecule has 0 aliphatic rings. The largest absolute Gasteiger partial charge is 0.508 e. The van der Waals surface area contributed by atoms with Crippen LogP contribution in [0.2, 0.25) is 0 Å². The molecular formula is C28H27N5O6. The number of phenolic OH excluding ortho intramolecular Hbond substituents is 1. The van der Waals surface area contributed by atoms with Crippen LogP contribution in [-0.4, -0.2) is 46.7 Å². The summed E-state index contributed by atoms with van der Waals surface area (Å²) in [6.45, 7) is 4.19. The first-order chi connectivity index (χ1) is 18.3. The fraction of sp³-hybridized carbons (Fsp3) is 0.143. The minimum Gasteiger partial charge on any atom is -0.508 e. The summed E-state index contributed by atoms with van der Waals surface area (Å²) in [4.78, 5) is 46.7. The number of hydrogen-bond donors (Lipinski definition) is 5. The van der Waals surface area contributed by atoms with Crippen LogP contribution in [0.5, 0.6) is 5.75 Å². The molecule has 0 atom stereocenters. The van der Waals surface area contributed by atoms with E-state index in [-0.39, 0.29) is 40.1 Å². The lowest BCUT2D eigenvalue weighted by molar-refractivity contribution is -0.116. The molecule has 11 nitrogen and oxygen atoms in total. The molecule has 3 amide bonds. The smallest absolute Gasteiger partial charge is 0.337 e. The molecule has 0 unspecified atom stereocenters. The highest BCUT2D eigenvalue weighted by Crippen LogP contribution is 2.37. The molecule has 3 rings (SSSR count). The molecule has 0 saturated carbocycles. The number of rotatable bonds is 6. The first kappa shape index (κ1) is 29.7. The third-order valence-corrected chi connectivity index (χ3v) is 5.31. The molecule has 200 valence electrons. The maximum absolute atomic E-state index is 11.7. The number of nitrogens with zero attached hydrogens (tertiary/aromatic N) is 2. The van der Waals surface area contributed by atoms with Gasteiger partial charge in [-0.15, -0.1) is 0 Å². The molecule has 11 heteroatoms. The number of amides is 3. The van der Waals surface area contributed by atoms with Gasteiger partial charge in [0, 0.05) is 37.7 Å². The fourth-order valence-electron chi connectivity index (χ4n) is 3.33. The quantitative estimate of drug-likeness (QED) is 0.296. The maximum atomic E-state index is 11.7. The molecule has 0 aromatic heterocycles. The van der Waals surface area contributed by atoms with E-state index in [0.717, 1.165) is 11.6 Å². The number of aromatic carboxylic acids is 1. The second-order valence-corrected chi connectivity index (χ2v) is 8.26. The third kappa shape index (κ3) is 7.99. The lowest BCUT2D eigenvalue weighted by Crippen LogP contribution is -2.23. The van der Waals surface area contributed by atoms with Crippen molar-refractivity contribution in [1.82, 2.24) is 0 Å². The van der Waals surface area contributed by atoms with E-state index in [1.54, 1.807) is 25.2 Å². The van der Waals surface area contributed by atoms with E-state index >= 15 is 0 Å². The van der Waals surface area contributed by atoms with Gasteiger partial charge < -0.3 is 25.7 Å². The van der Waals surface area contributed by atoms with Gasteiger partial charge in [-0.1, -0.05) is 18.2 Å². The number of benzene rings is 3. The van der Waals surface area contributed by atoms with Crippen molar-refractivity contribution >= 4 is 46.5 Å². The van der Waals surface area contributed by atoms with Gasteiger partial charge in [-0.05, 0) is 49.4 Å². The lowest BCUT2D eigenvalue weighted by atomic mass is 10.0. The Morgan fingerprint density at radius 1 is 0.897 bits per heavy atom. The molecule has 0 fully saturated rings. The highest BCUT2D eigenvalue weighted by molar-refractivity contribution is 6.41. The van der Waals surface area contributed by atoms with E-state index in [1.807, 2.05) is 24.3 Å². The van der Waals surface area contributed by atoms with Crippen LogP contribution >= 0.6 is 0 Å². The van der Waals surface area contributed by atoms with Gasteiger partial charge in [0.25, 0.3) is 5.91 Å². The highest BCUT2D eigenvalue weighted by atomic mass is 16.4. The van der Waals surface area contributed by atoms with Crippen LogP contribution in [0.4, 0.5) is 17.1 Å². The zero-order valence-electron chi connectivity index (χ0n) is 21.7. The molecule has 0 bridgehead atoms. The van der Waals surface area contributed by atoms with E-state index in [0.29, 0.717) is 16.9 Å². The number of nitriles is 1. The average Bonchev–Trinajstić information content (AvgIpc) is 2.88. The molecule has 5 N–H and O–H groups in total. The zero-order chi connectivity index (χ0) is 29.3. The molecule has 39 heavy (non-hydrogen) atoms. The van der Waals surface area contributed by atoms with Crippen molar-refractivity contribution in [2.75, 3.05) is 22.6 Å². The van der Waals surface area contributed by atoms with Crippen LogP contribution < -0.4 is 15.5 Å². The van der Waals surface area contributed by atoms with Crippen molar-refractivity contribution in [1.29, 1.82) is 10.7 Å². The Hall–Kier alpha value is -5.50. The molecule has 0 spiro atoms. The Balaban J connectivity index is 0.000000283. The predicted molar refractivity (Wildman–Crippen MR) is 147 cm³/mol. The van der Waals surface area contributed by atoms with Crippen molar-refractivity contribution in [2.45, 2.75) is 20.8 Å². The molecule has 0 saturated heterocycles. The Bertz CT molecular complexity index is 1490. The standard InChI is InChI=1S/C17H18N2O3.C11H9N3O3/c1-11(20)18-16-7-5-4-6-14(16)15-10-13(22)8-9-17(15)19(3)12(2)21;1-6(13)10(15)14-9-3-2-7(5-12)4-8(9)11(16)17/h4-10,22H,1-3H3,(H,18,20);2-4,13H,1H3,(H,14,15)(H,16,17). The summed E-state index contributed by atoms with van der Waals surface area (Å²) >= 11 is 0. The van der Waals surface area contributed by atoms with E-state index in [4.69, 9.17) is 15.8 Å². The van der Waals surface area contributed by atoms with Crippen molar-refractivity contribution < 1.29 is 29.4 Å². The number of nitrogens with one attached hydrogen (secondary N) is 3. The van der Waals surface area contributed by atoms with Crippen LogP contribution in [0.1, 0.15) is 36.7 Å². The summed E-state index contributed by atoms with van der Waals surface area (Å²) in [5, 5.41) is 39.5. The molecule has 0 radical (unpaired) electrons.